The summed E-state index contributed by atoms with van der Waals surface area (Å²) in [6, 6.07) is 0.823. The van der Waals surface area contributed by atoms with Gasteiger partial charge in [-0.1, -0.05) is 39.5 Å². The summed E-state index contributed by atoms with van der Waals surface area (Å²) in [4.78, 5) is 0. The van der Waals surface area contributed by atoms with Crippen LogP contribution in [0.15, 0.2) is 0 Å². The van der Waals surface area contributed by atoms with Crippen LogP contribution >= 0.6 is 0 Å². The van der Waals surface area contributed by atoms with Gasteiger partial charge in [-0.3, -0.25) is 0 Å². The van der Waals surface area contributed by atoms with Gasteiger partial charge < -0.3 is 5.32 Å². The van der Waals surface area contributed by atoms with E-state index in [2.05, 4.69) is 26.2 Å². The molecular formula is C13H27N. The van der Waals surface area contributed by atoms with Crippen molar-refractivity contribution in [2.24, 2.45) is 11.8 Å². The summed E-state index contributed by atoms with van der Waals surface area (Å²) in [6.45, 7) is 4.69. The van der Waals surface area contributed by atoms with Gasteiger partial charge in [0.25, 0.3) is 0 Å². The zero-order valence-corrected chi connectivity index (χ0v) is 10.2. The second-order valence-electron chi connectivity index (χ2n) is 5.06. The van der Waals surface area contributed by atoms with Crippen LogP contribution in [0.2, 0.25) is 0 Å². The van der Waals surface area contributed by atoms with Gasteiger partial charge in [0.05, 0.1) is 0 Å². The Morgan fingerprint density at radius 1 is 1.21 bits per heavy atom. The van der Waals surface area contributed by atoms with Crippen LogP contribution in [0, 0.1) is 11.8 Å². The second-order valence-corrected chi connectivity index (χ2v) is 5.06. The van der Waals surface area contributed by atoms with E-state index in [1.165, 1.54) is 44.9 Å². The highest BCUT2D eigenvalue weighted by molar-refractivity contribution is 4.85. The van der Waals surface area contributed by atoms with Crippen LogP contribution < -0.4 is 5.32 Å². The first kappa shape index (κ1) is 12.0. The molecule has 2 atom stereocenters. The normalized spacial score (nSPS) is 20.8. The lowest BCUT2D eigenvalue weighted by Gasteiger charge is -2.16. The molecule has 0 heterocycles. The maximum atomic E-state index is 3.47. The largest absolute Gasteiger partial charge is 0.317 e. The molecule has 14 heavy (non-hydrogen) atoms. The molecule has 0 spiro atoms. The Bertz CT molecular complexity index is 140. The van der Waals surface area contributed by atoms with Crippen molar-refractivity contribution < 1.29 is 0 Å². The van der Waals surface area contributed by atoms with Crippen LogP contribution in [-0.4, -0.2) is 13.1 Å². The third kappa shape index (κ3) is 4.45. The molecule has 1 heteroatoms. The molecule has 1 rings (SSSR count). The van der Waals surface area contributed by atoms with Crippen LogP contribution in [0.1, 0.15) is 58.8 Å². The van der Waals surface area contributed by atoms with Crippen molar-refractivity contribution in [2.45, 2.75) is 64.8 Å². The van der Waals surface area contributed by atoms with E-state index < -0.39 is 0 Å². The van der Waals surface area contributed by atoms with Crippen molar-refractivity contribution >= 4 is 0 Å². The Morgan fingerprint density at radius 3 is 2.43 bits per heavy atom. The minimum atomic E-state index is 0.823. The van der Waals surface area contributed by atoms with Gasteiger partial charge in [0, 0.05) is 6.04 Å². The van der Waals surface area contributed by atoms with E-state index in [-0.39, 0.29) is 0 Å². The van der Waals surface area contributed by atoms with Gasteiger partial charge in [-0.15, -0.1) is 0 Å². The Kier molecular flexibility index (Phi) is 5.54. The van der Waals surface area contributed by atoms with Crippen molar-refractivity contribution in [3.8, 4) is 0 Å². The number of hydrogen-bond donors (Lipinski definition) is 1. The molecule has 1 N–H and O–H groups in total. The number of nitrogens with one attached hydrogen (secondary N) is 1. The van der Waals surface area contributed by atoms with Crippen molar-refractivity contribution in [3.63, 3.8) is 0 Å². The van der Waals surface area contributed by atoms with Crippen molar-refractivity contribution in [1.29, 1.82) is 0 Å². The van der Waals surface area contributed by atoms with E-state index in [1.54, 1.807) is 0 Å². The molecule has 1 nitrogen and oxygen atoms in total. The van der Waals surface area contributed by atoms with Gasteiger partial charge in [0.15, 0.2) is 0 Å². The smallest absolute Gasteiger partial charge is 0.00923 e. The van der Waals surface area contributed by atoms with Crippen molar-refractivity contribution in [3.05, 3.63) is 0 Å². The fourth-order valence-corrected chi connectivity index (χ4v) is 2.44. The molecule has 0 amide bonds. The quantitative estimate of drug-likeness (QED) is 0.627. The van der Waals surface area contributed by atoms with Crippen molar-refractivity contribution in [2.75, 3.05) is 7.05 Å². The van der Waals surface area contributed by atoms with E-state index in [0.29, 0.717) is 0 Å². The molecule has 0 bridgehead atoms. The SMILES string of the molecule is CCCC(C)CCCC(NC)C1CC1. The van der Waals surface area contributed by atoms with Gasteiger partial charge in [-0.05, 0) is 38.1 Å². The standard InChI is InChI=1S/C13H27N/c1-4-6-11(2)7-5-8-13(14-3)12-9-10-12/h11-14H,4-10H2,1-3H3. The summed E-state index contributed by atoms with van der Waals surface area (Å²) in [5.74, 6) is 1.96. The Morgan fingerprint density at radius 2 is 1.93 bits per heavy atom. The zero-order chi connectivity index (χ0) is 10.4. The van der Waals surface area contributed by atoms with Crippen LogP contribution in [0.5, 0.6) is 0 Å². The first-order chi connectivity index (χ1) is 6.77. The molecule has 1 aliphatic rings. The fourth-order valence-electron chi connectivity index (χ4n) is 2.44. The van der Waals surface area contributed by atoms with E-state index in [4.69, 9.17) is 0 Å². The maximum absolute atomic E-state index is 3.47. The molecule has 0 aromatic heterocycles. The van der Waals surface area contributed by atoms with E-state index in [9.17, 15) is 0 Å². The lowest BCUT2D eigenvalue weighted by Crippen LogP contribution is -2.27. The molecule has 84 valence electrons. The highest BCUT2D eigenvalue weighted by atomic mass is 14.9. The summed E-state index contributed by atoms with van der Waals surface area (Å²) in [6.07, 6.45) is 9.94. The Labute approximate surface area is 89.7 Å². The van der Waals surface area contributed by atoms with E-state index in [1.807, 2.05) is 0 Å². The third-order valence-electron chi connectivity index (χ3n) is 3.56. The molecule has 0 aromatic carbocycles. The summed E-state index contributed by atoms with van der Waals surface area (Å²) in [5.41, 5.74) is 0. The minimum absolute atomic E-state index is 0.823. The molecule has 2 unspecified atom stereocenters. The maximum Gasteiger partial charge on any atom is 0.00923 e. The van der Waals surface area contributed by atoms with Gasteiger partial charge in [-0.25, -0.2) is 0 Å². The zero-order valence-electron chi connectivity index (χ0n) is 10.2. The summed E-state index contributed by atoms with van der Waals surface area (Å²) >= 11 is 0. The fraction of sp³-hybridized carbons (Fsp3) is 1.00. The highest BCUT2D eigenvalue weighted by Crippen LogP contribution is 2.34. The monoisotopic (exact) mass is 197 g/mol. The van der Waals surface area contributed by atoms with Gasteiger partial charge >= 0.3 is 0 Å². The topological polar surface area (TPSA) is 12.0 Å². The van der Waals surface area contributed by atoms with Gasteiger partial charge in [-0.2, -0.15) is 0 Å². The van der Waals surface area contributed by atoms with Crippen molar-refractivity contribution in [1.82, 2.24) is 5.32 Å². The predicted octanol–water partition coefficient (Wildman–Crippen LogP) is 3.59. The summed E-state index contributed by atoms with van der Waals surface area (Å²) in [7, 11) is 2.12. The Balaban J connectivity index is 2.00. The molecule has 1 fully saturated rings. The third-order valence-corrected chi connectivity index (χ3v) is 3.56. The van der Waals surface area contributed by atoms with Crippen LogP contribution in [0.25, 0.3) is 0 Å². The van der Waals surface area contributed by atoms with Crippen LogP contribution in [-0.2, 0) is 0 Å². The average Bonchev–Trinajstić information content (AvgIpc) is 2.96. The molecule has 0 aromatic rings. The first-order valence-electron chi connectivity index (χ1n) is 6.45. The Hall–Kier alpha value is -0.0400. The average molecular weight is 197 g/mol. The molecule has 0 saturated heterocycles. The molecule has 1 aliphatic carbocycles. The van der Waals surface area contributed by atoms with E-state index >= 15 is 0 Å². The molecule has 0 radical (unpaired) electrons. The minimum Gasteiger partial charge on any atom is -0.317 e. The first-order valence-corrected chi connectivity index (χ1v) is 6.45. The van der Waals surface area contributed by atoms with Crippen LogP contribution in [0.4, 0.5) is 0 Å². The number of hydrogen-bond acceptors (Lipinski definition) is 1. The highest BCUT2D eigenvalue weighted by Gasteiger charge is 2.29. The van der Waals surface area contributed by atoms with E-state index in [0.717, 1.165) is 17.9 Å². The number of rotatable bonds is 8. The lowest BCUT2D eigenvalue weighted by molar-refractivity contribution is 0.404. The molecule has 1 saturated carbocycles. The molecular weight excluding hydrogens is 170 g/mol. The van der Waals surface area contributed by atoms with Crippen LogP contribution in [0.3, 0.4) is 0 Å². The summed E-state index contributed by atoms with van der Waals surface area (Å²) < 4.78 is 0. The molecule has 0 aliphatic heterocycles. The van der Waals surface area contributed by atoms with Gasteiger partial charge in [0.1, 0.15) is 0 Å². The lowest BCUT2D eigenvalue weighted by atomic mass is 9.96. The van der Waals surface area contributed by atoms with Gasteiger partial charge in [0.2, 0.25) is 0 Å². The summed E-state index contributed by atoms with van der Waals surface area (Å²) in [5, 5.41) is 3.47. The predicted molar refractivity (Wildman–Crippen MR) is 63.5 cm³/mol. The second kappa shape index (κ2) is 6.44.